The molecule has 3 fully saturated rings. The van der Waals surface area contributed by atoms with Crippen molar-refractivity contribution in [3.8, 4) is 23.8 Å². The average Bonchev–Trinajstić information content (AvgIpc) is 3.03. The molecular formula is C36H51F3N2O5S. The van der Waals surface area contributed by atoms with E-state index in [1.54, 1.807) is 18.9 Å². The Kier molecular flexibility index (Phi) is 16.5. The van der Waals surface area contributed by atoms with Gasteiger partial charge in [0.25, 0.3) is 0 Å². The van der Waals surface area contributed by atoms with Crippen LogP contribution in [0.3, 0.4) is 0 Å². The van der Waals surface area contributed by atoms with Gasteiger partial charge in [0.2, 0.25) is 5.91 Å². The zero-order valence-corrected chi connectivity index (χ0v) is 28.8. The van der Waals surface area contributed by atoms with Crippen molar-refractivity contribution >= 4 is 17.9 Å². The second kappa shape index (κ2) is 20.0. The second-order valence-corrected chi connectivity index (χ2v) is 13.3. The molecule has 262 valence electrons. The zero-order chi connectivity index (χ0) is 34.1. The second-order valence-electron chi connectivity index (χ2n) is 12.1. The van der Waals surface area contributed by atoms with Crippen LogP contribution in [0.25, 0.3) is 0 Å². The lowest BCUT2D eigenvalue weighted by molar-refractivity contribution is -0.274. The van der Waals surface area contributed by atoms with Crippen LogP contribution in [-0.2, 0) is 14.4 Å². The number of nitrogens with one attached hydrogen (secondary N) is 1. The predicted octanol–water partition coefficient (Wildman–Crippen LogP) is 9.12. The van der Waals surface area contributed by atoms with Crippen molar-refractivity contribution in [3.63, 3.8) is 0 Å². The molecule has 1 amide bonds. The SMILES string of the molecule is C#CC.CC/C=C\C=C(\SN1CCC(Oc2ccc(OC(F)(F)F)cc2)CC1)C1CCC1(CCCCC)C(=O)NOC1CCCCO1. The lowest BCUT2D eigenvalue weighted by Gasteiger charge is -2.50. The van der Waals surface area contributed by atoms with E-state index in [-0.39, 0.29) is 30.0 Å². The Labute approximate surface area is 283 Å². The Morgan fingerprint density at radius 1 is 1.13 bits per heavy atom. The van der Waals surface area contributed by atoms with Gasteiger partial charge in [-0.3, -0.25) is 4.79 Å². The summed E-state index contributed by atoms with van der Waals surface area (Å²) in [5.41, 5.74) is 2.30. The molecule has 2 saturated heterocycles. The van der Waals surface area contributed by atoms with Crippen molar-refractivity contribution in [1.29, 1.82) is 0 Å². The van der Waals surface area contributed by atoms with Gasteiger partial charge in [0.1, 0.15) is 17.6 Å². The van der Waals surface area contributed by atoms with Crippen molar-refractivity contribution in [2.24, 2.45) is 11.3 Å². The summed E-state index contributed by atoms with van der Waals surface area (Å²) >= 11 is 1.74. The van der Waals surface area contributed by atoms with E-state index in [0.29, 0.717) is 12.4 Å². The Morgan fingerprint density at radius 2 is 1.83 bits per heavy atom. The molecule has 0 bridgehead atoms. The van der Waals surface area contributed by atoms with Crippen molar-refractivity contribution in [2.75, 3.05) is 19.7 Å². The molecule has 7 nitrogen and oxygen atoms in total. The van der Waals surface area contributed by atoms with Crippen LogP contribution in [-0.4, -0.2) is 48.7 Å². The van der Waals surface area contributed by atoms with Gasteiger partial charge in [0, 0.05) is 36.9 Å². The first-order valence-corrected chi connectivity index (χ1v) is 17.7. The van der Waals surface area contributed by atoms with E-state index in [4.69, 9.17) is 14.3 Å². The van der Waals surface area contributed by atoms with Crippen molar-refractivity contribution < 1.29 is 37.0 Å². The molecule has 2 heterocycles. The number of benzene rings is 1. The van der Waals surface area contributed by atoms with Gasteiger partial charge in [-0.25, -0.2) is 14.6 Å². The molecule has 0 radical (unpaired) electrons. The van der Waals surface area contributed by atoms with E-state index < -0.39 is 11.8 Å². The Bertz CT molecular complexity index is 1170. The Hall–Kier alpha value is -2.65. The van der Waals surface area contributed by atoms with Crippen LogP contribution in [0.4, 0.5) is 13.2 Å². The van der Waals surface area contributed by atoms with Gasteiger partial charge < -0.3 is 14.2 Å². The summed E-state index contributed by atoms with van der Waals surface area (Å²) in [6, 6.07) is 5.55. The summed E-state index contributed by atoms with van der Waals surface area (Å²) in [5.74, 6) is 2.57. The highest BCUT2D eigenvalue weighted by Crippen LogP contribution is 2.56. The number of allylic oxidation sites excluding steroid dienone is 4. The maximum absolute atomic E-state index is 13.8. The molecule has 11 heteroatoms. The van der Waals surface area contributed by atoms with E-state index >= 15 is 0 Å². The maximum atomic E-state index is 13.8. The van der Waals surface area contributed by atoms with Crippen LogP contribution < -0.4 is 15.0 Å². The van der Waals surface area contributed by atoms with Gasteiger partial charge in [-0.15, -0.1) is 25.5 Å². The number of alkyl halides is 3. The number of rotatable bonds is 15. The molecular weight excluding hydrogens is 629 g/mol. The van der Waals surface area contributed by atoms with Crippen LogP contribution in [0.1, 0.15) is 97.8 Å². The van der Waals surface area contributed by atoms with Gasteiger partial charge in [-0.1, -0.05) is 51.3 Å². The third-order valence-electron chi connectivity index (χ3n) is 8.62. The fraction of sp³-hybridized carbons (Fsp3) is 0.639. The standard InChI is InChI=1S/C33H47F3N2O5S.C3H4/c1-3-5-7-11-29(28-17-21-32(28,20-9-6-4-2)31(39)37-43-30-12-8-10-24-40-30)44-38-22-18-26(19-23-38)41-25-13-15-27(16-14-25)42-33(34,35)36;1-3-2/h5,7,11,13-16,26,28,30H,3-4,6,8-10,12,17-24H2,1-2H3,(H,37,39);1H,2H3/b7-5-,29-11+;. The summed E-state index contributed by atoms with van der Waals surface area (Å²) < 4.78 is 55.4. The van der Waals surface area contributed by atoms with Crippen molar-refractivity contribution in [1.82, 2.24) is 9.79 Å². The summed E-state index contributed by atoms with van der Waals surface area (Å²) in [7, 11) is 0. The zero-order valence-electron chi connectivity index (χ0n) is 28.0. The van der Waals surface area contributed by atoms with E-state index in [1.807, 2.05) is 0 Å². The first kappa shape index (κ1) is 38.8. The van der Waals surface area contributed by atoms with E-state index in [1.165, 1.54) is 29.2 Å². The first-order chi connectivity index (χ1) is 22.6. The normalized spacial score (nSPS) is 24.1. The minimum atomic E-state index is -4.72. The fourth-order valence-corrected chi connectivity index (χ4v) is 7.37. The monoisotopic (exact) mass is 680 g/mol. The average molecular weight is 681 g/mol. The van der Waals surface area contributed by atoms with Gasteiger partial charge >= 0.3 is 6.36 Å². The molecule has 1 N–H and O–H groups in total. The molecule has 1 aromatic carbocycles. The van der Waals surface area contributed by atoms with Gasteiger partial charge in [-0.2, -0.15) is 0 Å². The summed E-state index contributed by atoms with van der Waals surface area (Å²) in [6.45, 7) is 8.18. The van der Waals surface area contributed by atoms with E-state index in [0.717, 1.165) is 90.1 Å². The number of carbonyl (C=O) groups excluding carboxylic acids is 1. The number of ether oxygens (including phenoxy) is 3. The number of piperidine rings is 1. The summed E-state index contributed by atoms with van der Waals surface area (Å²) in [5, 5.41) is 0. The molecule has 2 aliphatic heterocycles. The van der Waals surface area contributed by atoms with Crippen LogP contribution >= 0.6 is 11.9 Å². The molecule has 0 spiro atoms. The Balaban J connectivity index is 0.00000192. The molecule has 4 rings (SSSR count). The smallest absolute Gasteiger partial charge is 0.490 e. The molecule has 1 aromatic rings. The summed E-state index contributed by atoms with van der Waals surface area (Å²) in [6.07, 6.45) is 17.0. The number of halogens is 3. The number of amides is 1. The third-order valence-corrected chi connectivity index (χ3v) is 9.87. The number of unbranched alkanes of at least 4 members (excludes halogenated alkanes) is 2. The van der Waals surface area contributed by atoms with Crippen molar-refractivity contribution in [2.45, 2.75) is 117 Å². The number of carbonyl (C=O) groups is 1. The molecule has 3 unspecified atom stereocenters. The quantitative estimate of drug-likeness (QED) is 0.0652. The maximum Gasteiger partial charge on any atom is 0.573 e. The molecule has 47 heavy (non-hydrogen) atoms. The van der Waals surface area contributed by atoms with Crippen molar-refractivity contribution in [3.05, 3.63) is 47.4 Å². The highest BCUT2D eigenvalue weighted by atomic mass is 32.2. The van der Waals surface area contributed by atoms with Crippen LogP contribution in [0.5, 0.6) is 11.5 Å². The van der Waals surface area contributed by atoms with E-state index in [9.17, 15) is 18.0 Å². The highest BCUT2D eigenvalue weighted by Gasteiger charge is 2.54. The van der Waals surface area contributed by atoms with Crippen LogP contribution in [0, 0.1) is 23.7 Å². The topological polar surface area (TPSA) is 69.3 Å². The van der Waals surface area contributed by atoms with E-state index in [2.05, 4.69) is 58.9 Å². The highest BCUT2D eigenvalue weighted by molar-refractivity contribution is 8.00. The number of hydrogen-bond donors (Lipinski definition) is 1. The van der Waals surface area contributed by atoms with Gasteiger partial charge in [-0.05, 0) is 94.5 Å². The number of terminal acetylenes is 1. The lowest BCUT2D eigenvalue weighted by atomic mass is 9.57. The predicted molar refractivity (Wildman–Crippen MR) is 180 cm³/mol. The van der Waals surface area contributed by atoms with Crippen LogP contribution in [0.15, 0.2) is 47.4 Å². The number of nitrogens with zero attached hydrogens (tertiary/aromatic N) is 1. The molecule has 0 aromatic heterocycles. The number of hydrogen-bond acceptors (Lipinski definition) is 7. The Morgan fingerprint density at radius 3 is 2.40 bits per heavy atom. The number of hydroxylamine groups is 1. The van der Waals surface area contributed by atoms with Gasteiger partial charge in [0.15, 0.2) is 6.29 Å². The molecule has 3 atom stereocenters. The minimum Gasteiger partial charge on any atom is -0.490 e. The van der Waals surface area contributed by atoms with Gasteiger partial charge in [0.05, 0.1) is 5.41 Å². The first-order valence-electron chi connectivity index (χ1n) is 16.9. The molecule has 3 aliphatic rings. The summed E-state index contributed by atoms with van der Waals surface area (Å²) in [4.78, 5) is 20.7. The lowest BCUT2D eigenvalue weighted by Crippen LogP contribution is -2.53. The largest absolute Gasteiger partial charge is 0.573 e. The molecule has 1 saturated carbocycles. The molecule has 1 aliphatic carbocycles. The fourth-order valence-electron chi connectivity index (χ4n) is 6.06. The minimum absolute atomic E-state index is 0.0320. The third kappa shape index (κ3) is 12.7. The van der Waals surface area contributed by atoms with Crippen LogP contribution in [0.2, 0.25) is 0 Å².